The van der Waals surface area contributed by atoms with Gasteiger partial charge in [-0.2, -0.15) is 0 Å². The number of aromatic nitrogens is 4. The Balaban J connectivity index is 2.35. The highest BCUT2D eigenvalue weighted by Crippen LogP contribution is 2.04. The molecule has 1 unspecified atom stereocenters. The molecule has 2 aromatic rings. The summed E-state index contributed by atoms with van der Waals surface area (Å²) < 4.78 is 19.3. The first-order chi connectivity index (χ1) is 10.2. The Hall–Kier alpha value is -1.89. The maximum atomic E-state index is 12.4. The summed E-state index contributed by atoms with van der Waals surface area (Å²) in [6, 6.07) is 0. The lowest BCUT2D eigenvalue weighted by Gasteiger charge is -2.09. The van der Waals surface area contributed by atoms with Crippen LogP contribution in [0.3, 0.4) is 0 Å². The summed E-state index contributed by atoms with van der Waals surface area (Å²) in [5, 5.41) is 9.36. The van der Waals surface area contributed by atoms with Gasteiger partial charge in [0.1, 0.15) is 0 Å². The zero-order valence-electron chi connectivity index (χ0n) is 13.8. The molecule has 0 radical (unpaired) electrons. The van der Waals surface area contributed by atoms with Crippen molar-refractivity contribution in [3.63, 3.8) is 0 Å². The highest BCUT2D eigenvalue weighted by atomic mass is 16.3. The summed E-state index contributed by atoms with van der Waals surface area (Å²) in [5.74, 6) is 0. The lowest BCUT2D eigenvalue weighted by Crippen LogP contribution is -2.39. The topological polar surface area (TPSA) is 82.0 Å². The predicted molar refractivity (Wildman–Crippen MR) is 75.7 cm³/mol. The van der Waals surface area contributed by atoms with E-state index in [0.717, 1.165) is 4.57 Å². The van der Waals surface area contributed by atoms with Crippen LogP contribution < -0.4 is 11.2 Å². The summed E-state index contributed by atoms with van der Waals surface area (Å²) in [6.45, 7) is 1.48. The average Bonchev–Trinajstić information content (AvgIpc) is 2.82. The van der Waals surface area contributed by atoms with Gasteiger partial charge in [-0.3, -0.25) is 13.9 Å². The van der Waals surface area contributed by atoms with Gasteiger partial charge in [-0.05, 0) is 26.1 Å². The monoisotopic (exact) mass is 282 g/mol. The third-order valence-electron chi connectivity index (χ3n) is 3.20. The molecule has 0 spiro atoms. The minimum absolute atomic E-state index is 0.0592. The van der Waals surface area contributed by atoms with E-state index in [-0.39, 0.29) is 19.4 Å². The normalized spacial score (nSPS) is 15.2. The second kappa shape index (κ2) is 5.62. The van der Waals surface area contributed by atoms with Gasteiger partial charge in [0, 0.05) is 23.4 Å². The van der Waals surface area contributed by atoms with Crippen molar-refractivity contribution in [2.45, 2.75) is 38.8 Å². The Morgan fingerprint density at radius 3 is 2.75 bits per heavy atom. The summed E-state index contributed by atoms with van der Waals surface area (Å²) in [5.41, 5.74) is -0.252. The molecular formula is C13H20N4O3. The number of aliphatic hydroxyl groups is 1. The second-order valence-electron chi connectivity index (χ2n) is 4.81. The van der Waals surface area contributed by atoms with Crippen LogP contribution in [0, 0.1) is 0 Å². The molecule has 0 aliphatic rings. The Morgan fingerprint density at radius 2 is 2.10 bits per heavy atom. The van der Waals surface area contributed by atoms with E-state index in [4.69, 9.17) is 2.74 Å². The number of imidazole rings is 1. The van der Waals surface area contributed by atoms with Crippen molar-refractivity contribution in [3.05, 3.63) is 27.2 Å². The van der Waals surface area contributed by atoms with E-state index < -0.39 is 23.7 Å². The molecule has 0 aliphatic heterocycles. The fourth-order valence-electron chi connectivity index (χ4n) is 2.14. The Labute approximate surface area is 118 Å². The van der Waals surface area contributed by atoms with Gasteiger partial charge in [0.2, 0.25) is 0 Å². The number of hydrogen-bond acceptors (Lipinski definition) is 4. The molecule has 0 amide bonds. The Bertz CT molecular complexity index is 804. The summed E-state index contributed by atoms with van der Waals surface area (Å²) in [4.78, 5) is 28.7. The van der Waals surface area contributed by atoms with Crippen LogP contribution in [0.15, 0.2) is 15.9 Å². The van der Waals surface area contributed by atoms with Crippen molar-refractivity contribution in [3.8, 4) is 0 Å². The van der Waals surface area contributed by atoms with Gasteiger partial charge >= 0.3 is 5.69 Å². The van der Waals surface area contributed by atoms with Gasteiger partial charge in [-0.25, -0.2) is 9.78 Å². The first kappa shape index (κ1) is 11.9. The number of hydrogen-bond donors (Lipinski definition) is 1. The molecular weight excluding hydrogens is 260 g/mol. The second-order valence-corrected chi connectivity index (χ2v) is 4.81. The highest BCUT2D eigenvalue weighted by Gasteiger charge is 2.14. The van der Waals surface area contributed by atoms with Gasteiger partial charge in [0.25, 0.3) is 5.56 Å². The number of fused-ring (bicyclic) bond motifs is 1. The number of nitrogens with zero attached hydrogens (tertiary/aromatic N) is 4. The summed E-state index contributed by atoms with van der Waals surface area (Å²) in [7, 11) is 3.22. The third kappa shape index (κ3) is 2.53. The standard InChI is InChI=1S/C13H20N4O3/c1-9(18)6-4-5-7-17-12(19)10-11(14-8-15(10)2)16(3)13(17)20/h8-9,18H,4-7H2,1-3H3/i6D2. The van der Waals surface area contributed by atoms with Crippen LogP contribution in [0.25, 0.3) is 11.2 Å². The molecule has 0 saturated carbocycles. The fourth-order valence-corrected chi connectivity index (χ4v) is 2.14. The third-order valence-corrected chi connectivity index (χ3v) is 3.20. The minimum Gasteiger partial charge on any atom is -0.393 e. The van der Waals surface area contributed by atoms with Crippen LogP contribution >= 0.6 is 0 Å². The maximum absolute atomic E-state index is 12.4. The summed E-state index contributed by atoms with van der Waals surface area (Å²) >= 11 is 0. The van der Waals surface area contributed by atoms with E-state index >= 15 is 0 Å². The molecule has 1 N–H and O–H groups in total. The van der Waals surface area contributed by atoms with Crippen LogP contribution in [0.4, 0.5) is 0 Å². The van der Waals surface area contributed by atoms with Gasteiger partial charge in [0.05, 0.1) is 12.4 Å². The van der Waals surface area contributed by atoms with E-state index in [2.05, 4.69) is 4.98 Å². The largest absolute Gasteiger partial charge is 0.393 e. The molecule has 2 heterocycles. The SMILES string of the molecule is [2H]C([2H])(CCCn1c(=O)c2c(ncn2C)n(C)c1=O)C(C)O. The van der Waals surface area contributed by atoms with Crippen molar-refractivity contribution in [1.82, 2.24) is 18.7 Å². The molecule has 0 aromatic carbocycles. The van der Waals surface area contributed by atoms with Crippen molar-refractivity contribution in [2.24, 2.45) is 14.1 Å². The van der Waals surface area contributed by atoms with E-state index in [9.17, 15) is 14.7 Å². The number of rotatable bonds is 5. The van der Waals surface area contributed by atoms with Gasteiger partial charge in [0.15, 0.2) is 11.2 Å². The molecule has 7 nitrogen and oxygen atoms in total. The average molecular weight is 282 g/mol. The van der Waals surface area contributed by atoms with Gasteiger partial charge in [-0.1, -0.05) is 0 Å². The molecule has 0 fully saturated rings. The van der Waals surface area contributed by atoms with Crippen LogP contribution in [-0.2, 0) is 20.6 Å². The summed E-state index contributed by atoms with van der Waals surface area (Å²) in [6.07, 6.45) is -1.04. The zero-order valence-corrected chi connectivity index (χ0v) is 11.8. The van der Waals surface area contributed by atoms with E-state index in [0.29, 0.717) is 11.2 Å². The molecule has 0 aliphatic carbocycles. The smallest absolute Gasteiger partial charge is 0.332 e. The first-order valence-corrected chi connectivity index (χ1v) is 6.45. The van der Waals surface area contributed by atoms with E-state index in [1.807, 2.05) is 0 Å². The van der Waals surface area contributed by atoms with Crippen LogP contribution in [0.2, 0.25) is 0 Å². The maximum Gasteiger partial charge on any atom is 0.332 e. The molecule has 2 aromatic heterocycles. The van der Waals surface area contributed by atoms with Gasteiger partial charge < -0.3 is 9.67 Å². The van der Waals surface area contributed by atoms with Crippen LogP contribution in [0.1, 0.15) is 28.9 Å². The van der Waals surface area contributed by atoms with Crippen molar-refractivity contribution >= 4 is 11.2 Å². The molecule has 0 bridgehead atoms. The molecule has 2 rings (SSSR count). The molecule has 7 heteroatoms. The van der Waals surface area contributed by atoms with Crippen molar-refractivity contribution < 1.29 is 7.85 Å². The van der Waals surface area contributed by atoms with Crippen molar-refractivity contribution in [1.29, 1.82) is 0 Å². The lowest BCUT2D eigenvalue weighted by molar-refractivity contribution is 0.180. The number of aryl methyl sites for hydroxylation is 2. The highest BCUT2D eigenvalue weighted by molar-refractivity contribution is 5.69. The van der Waals surface area contributed by atoms with Crippen LogP contribution in [0.5, 0.6) is 0 Å². The van der Waals surface area contributed by atoms with E-state index in [1.165, 1.54) is 17.8 Å². The van der Waals surface area contributed by atoms with E-state index in [1.54, 1.807) is 18.7 Å². The predicted octanol–water partition coefficient (Wildman–Crippen LogP) is -0.0152. The van der Waals surface area contributed by atoms with Crippen LogP contribution in [-0.4, -0.2) is 29.9 Å². The fraction of sp³-hybridized carbons (Fsp3) is 0.615. The minimum atomic E-state index is -1.74. The van der Waals surface area contributed by atoms with Gasteiger partial charge in [-0.15, -0.1) is 0 Å². The first-order valence-electron chi connectivity index (χ1n) is 7.45. The molecule has 110 valence electrons. The molecule has 1 atom stereocenters. The Morgan fingerprint density at radius 1 is 1.40 bits per heavy atom. The number of aliphatic hydroxyl groups excluding tert-OH is 1. The molecule has 0 saturated heterocycles. The lowest BCUT2D eigenvalue weighted by atomic mass is 10.2. The van der Waals surface area contributed by atoms with Crippen molar-refractivity contribution in [2.75, 3.05) is 0 Å². The Kier molecular flexibility index (Phi) is 3.34. The molecule has 20 heavy (non-hydrogen) atoms. The quantitative estimate of drug-likeness (QED) is 0.836. The zero-order chi connectivity index (χ0) is 16.7.